The van der Waals surface area contributed by atoms with Gasteiger partial charge >= 0.3 is 5.82 Å². The molecule has 25 heavy (non-hydrogen) atoms. The Labute approximate surface area is 147 Å². The van der Waals surface area contributed by atoms with Gasteiger partial charge in [0, 0.05) is 44.8 Å². The first kappa shape index (κ1) is 17.6. The lowest BCUT2D eigenvalue weighted by molar-refractivity contribution is -0.389. The second-order valence-corrected chi connectivity index (χ2v) is 6.83. The summed E-state index contributed by atoms with van der Waals surface area (Å²) in [5, 5.41) is 10.7. The van der Waals surface area contributed by atoms with E-state index in [1.807, 2.05) is 4.90 Å². The van der Waals surface area contributed by atoms with Crippen LogP contribution in [0.15, 0.2) is 18.3 Å². The van der Waals surface area contributed by atoms with Crippen LogP contribution in [0.3, 0.4) is 0 Å². The molecule has 0 aromatic carbocycles. The van der Waals surface area contributed by atoms with Crippen LogP contribution >= 0.6 is 0 Å². The van der Waals surface area contributed by atoms with Crippen molar-refractivity contribution in [3.05, 3.63) is 28.4 Å². The lowest BCUT2D eigenvalue weighted by atomic mass is 10.0. The average molecular weight is 347 g/mol. The van der Waals surface area contributed by atoms with Crippen molar-refractivity contribution in [2.45, 2.75) is 32.2 Å². The van der Waals surface area contributed by atoms with E-state index >= 15 is 0 Å². The molecule has 8 nitrogen and oxygen atoms in total. The van der Waals surface area contributed by atoms with Crippen LogP contribution in [0.1, 0.15) is 26.2 Å². The zero-order valence-electron chi connectivity index (χ0n) is 14.6. The highest BCUT2D eigenvalue weighted by molar-refractivity contribution is 5.78. The van der Waals surface area contributed by atoms with Crippen molar-refractivity contribution in [3.63, 3.8) is 0 Å². The van der Waals surface area contributed by atoms with Crippen LogP contribution in [0.4, 0.5) is 11.5 Å². The van der Waals surface area contributed by atoms with Crippen LogP contribution < -0.4 is 4.90 Å². The lowest BCUT2D eigenvalue weighted by Crippen LogP contribution is -2.52. The van der Waals surface area contributed by atoms with E-state index < -0.39 is 4.92 Å². The van der Waals surface area contributed by atoms with E-state index in [0.717, 1.165) is 51.3 Å². The number of hydrogen-bond donors (Lipinski definition) is 0. The molecule has 1 atom stereocenters. The van der Waals surface area contributed by atoms with E-state index in [2.05, 4.69) is 21.7 Å². The highest BCUT2D eigenvalue weighted by atomic mass is 16.6. The summed E-state index contributed by atoms with van der Waals surface area (Å²) in [6.07, 6.45) is 4.98. The van der Waals surface area contributed by atoms with Crippen LogP contribution in [0.2, 0.25) is 0 Å². The Kier molecular flexibility index (Phi) is 5.47. The van der Waals surface area contributed by atoms with Gasteiger partial charge in [0.2, 0.25) is 5.91 Å². The minimum absolute atomic E-state index is 0.136. The molecule has 3 rings (SSSR count). The van der Waals surface area contributed by atoms with Crippen molar-refractivity contribution in [2.75, 3.05) is 44.2 Å². The van der Waals surface area contributed by atoms with Gasteiger partial charge < -0.3 is 19.9 Å². The van der Waals surface area contributed by atoms with E-state index in [4.69, 9.17) is 0 Å². The summed E-state index contributed by atoms with van der Waals surface area (Å²) < 4.78 is 0. The molecule has 2 fully saturated rings. The minimum Gasteiger partial charge on any atom is -0.366 e. The van der Waals surface area contributed by atoms with E-state index in [-0.39, 0.29) is 11.7 Å². The van der Waals surface area contributed by atoms with Crippen molar-refractivity contribution in [1.82, 2.24) is 14.8 Å². The molecule has 136 valence electrons. The molecule has 2 saturated heterocycles. The topological polar surface area (TPSA) is 82.8 Å². The maximum Gasteiger partial charge on any atom is 0.363 e. The molecular weight excluding hydrogens is 322 g/mol. The van der Waals surface area contributed by atoms with Crippen molar-refractivity contribution < 1.29 is 9.72 Å². The normalized spacial score (nSPS) is 22.0. The van der Waals surface area contributed by atoms with Gasteiger partial charge in [0.25, 0.3) is 0 Å². The molecular formula is C17H25N5O3. The standard InChI is InChI=1S/C17H25N5O3/c1-14-4-2-3-7-21(14)17(23)13-19-8-10-20(11-9-19)15-5-6-16(18-12-15)22(24)25/h5-6,12,14H,2-4,7-11,13H2,1H3/t14-/m1/s1. The monoisotopic (exact) mass is 347 g/mol. The van der Waals surface area contributed by atoms with Crippen LogP contribution in [0.5, 0.6) is 0 Å². The van der Waals surface area contributed by atoms with Gasteiger partial charge in [0.05, 0.1) is 12.2 Å². The van der Waals surface area contributed by atoms with Gasteiger partial charge in [-0.05, 0) is 42.2 Å². The third-order valence-corrected chi connectivity index (χ3v) is 5.14. The summed E-state index contributed by atoms with van der Waals surface area (Å²) in [5.41, 5.74) is 0.890. The molecule has 1 aromatic rings. The second-order valence-electron chi connectivity index (χ2n) is 6.83. The number of pyridine rings is 1. The number of nitrogens with zero attached hydrogens (tertiary/aromatic N) is 5. The van der Waals surface area contributed by atoms with Gasteiger partial charge in [0.1, 0.15) is 0 Å². The number of rotatable bonds is 4. The molecule has 1 aromatic heterocycles. The molecule has 0 saturated carbocycles. The maximum atomic E-state index is 12.5. The Morgan fingerprint density at radius 2 is 2.00 bits per heavy atom. The number of hydrogen-bond acceptors (Lipinski definition) is 6. The van der Waals surface area contributed by atoms with Crippen LogP contribution in [0, 0.1) is 10.1 Å². The number of amides is 1. The first-order chi connectivity index (χ1) is 12.0. The number of anilines is 1. The van der Waals surface area contributed by atoms with E-state index in [1.54, 1.807) is 12.3 Å². The molecule has 1 amide bonds. The quantitative estimate of drug-likeness (QED) is 0.606. The number of carbonyl (C=O) groups excluding carboxylic acids is 1. The molecule has 2 aliphatic rings. The third kappa shape index (κ3) is 4.25. The smallest absolute Gasteiger partial charge is 0.363 e. The van der Waals surface area contributed by atoms with Crippen molar-refractivity contribution in [1.29, 1.82) is 0 Å². The van der Waals surface area contributed by atoms with Gasteiger partial charge in [-0.15, -0.1) is 0 Å². The zero-order chi connectivity index (χ0) is 17.8. The molecule has 0 bridgehead atoms. The average Bonchev–Trinajstić information content (AvgIpc) is 2.63. The predicted octanol–water partition coefficient (Wildman–Crippen LogP) is 1.51. The number of nitro groups is 1. The number of piperazine rings is 1. The summed E-state index contributed by atoms with van der Waals surface area (Å²) in [6, 6.07) is 3.53. The SMILES string of the molecule is C[C@@H]1CCCCN1C(=O)CN1CCN(c2ccc([N+](=O)[O-])nc2)CC1. The van der Waals surface area contributed by atoms with Crippen LogP contribution in [-0.4, -0.2) is 70.9 Å². The summed E-state index contributed by atoms with van der Waals surface area (Å²) in [4.78, 5) is 33.0. The lowest BCUT2D eigenvalue weighted by Gasteiger charge is -2.38. The molecule has 0 N–H and O–H groups in total. The molecule has 0 radical (unpaired) electrons. The fraction of sp³-hybridized carbons (Fsp3) is 0.647. The Bertz CT molecular complexity index is 613. The highest BCUT2D eigenvalue weighted by Crippen LogP contribution is 2.19. The van der Waals surface area contributed by atoms with Crippen LogP contribution in [0.25, 0.3) is 0 Å². The van der Waals surface area contributed by atoms with Crippen molar-refractivity contribution in [3.8, 4) is 0 Å². The first-order valence-corrected chi connectivity index (χ1v) is 8.92. The van der Waals surface area contributed by atoms with E-state index in [9.17, 15) is 14.9 Å². The van der Waals surface area contributed by atoms with Gasteiger partial charge in [0.15, 0.2) is 6.20 Å². The van der Waals surface area contributed by atoms with Gasteiger partial charge in [-0.1, -0.05) is 0 Å². The Morgan fingerprint density at radius 1 is 1.24 bits per heavy atom. The molecule has 8 heteroatoms. The number of aromatic nitrogens is 1. The van der Waals surface area contributed by atoms with Crippen molar-refractivity contribution >= 4 is 17.4 Å². The Hall–Kier alpha value is -2.22. The van der Waals surface area contributed by atoms with Gasteiger partial charge in [-0.2, -0.15) is 0 Å². The highest BCUT2D eigenvalue weighted by Gasteiger charge is 2.26. The minimum atomic E-state index is -0.491. The van der Waals surface area contributed by atoms with Crippen molar-refractivity contribution in [2.24, 2.45) is 0 Å². The van der Waals surface area contributed by atoms with Gasteiger partial charge in [-0.3, -0.25) is 9.69 Å². The largest absolute Gasteiger partial charge is 0.366 e. The summed E-state index contributed by atoms with van der Waals surface area (Å²) in [5.74, 6) is 0.0984. The maximum absolute atomic E-state index is 12.5. The van der Waals surface area contributed by atoms with Crippen LogP contribution in [-0.2, 0) is 4.79 Å². The van der Waals surface area contributed by atoms with E-state index in [1.165, 1.54) is 12.5 Å². The summed E-state index contributed by atoms with van der Waals surface area (Å²) in [6.45, 7) is 6.71. The number of likely N-dealkylation sites (tertiary alicyclic amines) is 1. The molecule has 3 heterocycles. The fourth-order valence-electron chi connectivity index (χ4n) is 3.59. The number of piperidine rings is 1. The molecule has 0 spiro atoms. The summed E-state index contributed by atoms with van der Waals surface area (Å²) >= 11 is 0. The third-order valence-electron chi connectivity index (χ3n) is 5.14. The molecule has 2 aliphatic heterocycles. The molecule has 0 unspecified atom stereocenters. The summed E-state index contributed by atoms with van der Waals surface area (Å²) in [7, 11) is 0. The first-order valence-electron chi connectivity index (χ1n) is 8.92. The van der Waals surface area contributed by atoms with E-state index in [0.29, 0.717) is 12.6 Å². The number of carbonyl (C=O) groups is 1. The zero-order valence-corrected chi connectivity index (χ0v) is 14.6. The van der Waals surface area contributed by atoms with Gasteiger partial charge in [-0.25, -0.2) is 0 Å². The fourth-order valence-corrected chi connectivity index (χ4v) is 3.59. The molecule has 0 aliphatic carbocycles. The second kappa shape index (κ2) is 7.77. The predicted molar refractivity (Wildman–Crippen MR) is 94.6 cm³/mol. The Morgan fingerprint density at radius 3 is 2.60 bits per heavy atom. The Balaban J connectivity index is 1.49.